The van der Waals surface area contributed by atoms with Crippen LogP contribution in [-0.2, 0) is 4.74 Å². The highest BCUT2D eigenvalue weighted by Gasteiger charge is 2.18. The number of hydrogen-bond donors (Lipinski definition) is 3. The molecule has 2 aromatic rings. The molecule has 7 nitrogen and oxygen atoms in total. The van der Waals surface area contributed by atoms with Crippen LogP contribution < -0.4 is 15.5 Å². The smallest absolute Gasteiger partial charge is 0.340 e. The first-order valence-corrected chi connectivity index (χ1v) is 8.47. The van der Waals surface area contributed by atoms with Gasteiger partial charge in [-0.05, 0) is 62.8 Å². The number of carbonyl (C=O) groups excluding carboxylic acids is 1. The van der Waals surface area contributed by atoms with Gasteiger partial charge in [-0.25, -0.2) is 4.79 Å². The molecule has 2 rings (SSSR count). The van der Waals surface area contributed by atoms with E-state index in [4.69, 9.17) is 21.7 Å². The van der Waals surface area contributed by atoms with Crippen molar-refractivity contribution in [3.8, 4) is 5.75 Å². The summed E-state index contributed by atoms with van der Waals surface area (Å²) in [5.74, 6) is 0.422. The zero-order valence-corrected chi connectivity index (χ0v) is 16.0. The van der Waals surface area contributed by atoms with E-state index in [9.17, 15) is 4.79 Å². The van der Waals surface area contributed by atoms with Crippen LogP contribution in [0, 0.1) is 13.8 Å². The number of ether oxygens (including phenoxy) is 2. The molecule has 138 valence electrons. The summed E-state index contributed by atoms with van der Waals surface area (Å²) in [5.41, 5.74) is 6.32. The Bertz CT molecular complexity index is 813. The van der Waals surface area contributed by atoms with E-state index in [1.165, 1.54) is 0 Å². The molecule has 0 fully saturated rings. The van der Waals surface area contributed by atoms with Gasteiger partial charge >= 0.3 is 5.97 Å². The summed E-state index contributed by atoms with van der Waals surface area (Å²) in [5, 5.41) is 7.46. The van der Waals surface area contributed by atoms with Crippen LogP contribution in [0.2, 0.25) is 0 Å². The lowest BCUT2D eigenvalue weighted by atomic mass is 10.1. The minimum Gasteiger partial charge on any atom is -0.497 e. The SMILES string of the molecule is CCOC(=O)c1c(C)[nH]c(/C=N/NC(=S)Nc2ccc(OC)cc2)c1C. The third-order valence-electron chi connectivity index (χ3n) is 3.66. The van der Waals surface area contributed by atoms with Crippen molar-refractivity contribution < 1.29 is 14.3 Å². The largest absolute Gasteiger partial charge is 0.497 e. The summed E-state index contributed by atoms with van der Waals surface area (Å²) in [6.45, 7) is 5.77. The Balaban J connectivity index is 1.98. The van der Waals surface area contributed by atoms with Crippen LogP contribution in [0.15, 0.2) is 29.4 Å². The molecule has 0 aliphatic carbocycles. The molecule has 0 aliphatic heterocycles. The second kappa shape index (κ2) is 9.00. The van der Waals surface area contributed by atoms with E-state index in [0.29, 0.717) is 23.0 Å². The third-order valence-corrected chi connectivity index (χ3v) is 3.86. The van der Waals surface area contributed by atoms with Gasteiger partial charge < -0.3 is 19.8 Å². The molecular weight excluding hydrogens is 352 g/mol. The van der Waals surface area contributed by atoms with E-state index in [1.807, 2.05) is 38.1 Å². The minimum atomic E-state index is -0.344. The molecule has 1 aromatic carbocycles. The zero-order chi connectivity index (χ0) is 19.1. The van der Waals surface area contributed by atoms with Crippen LogP contribution in [0.4, 0.5) is 5.69 Å². The maximum Gasteiger partial charge on any atom is 0.340 e. The molecule has 0 spiro atoms. The molecule has 1 aromatic heterocycles. The lowest BCUT2D eigenvalue weighted by Gasteiger charge is -2.07. The quantitative estimate of drug-likeness (QED) is 0.312. The molecule has 0 aliphatic rings. The maximum atomic E-state index is 12.0. The van der Waals surface area contributed by atoms with Crippen molar-refractivity contribution >= 4 is 35.2 Å². The first kappa shape index (κ1) is 19.5. The van der Waals surface area contributed by atoms with E-state index >= 15 is 0 Å². The zero-order valence-electron chi connectivity index (χ0n) is 15.2. The number of aryl methyl sites for hydroxylation is 1. The Labute approximate surface area is 157 Å². The van der Waals surface area contributed by atoms with Gasteiger partial charge in [-0.3, -0.25) is 5.43 Å². The summed E-state index contributed by atoms with van der Waals surface area (Å²) in [7, 11) is 1.61. The highest BCUT2D eigenvalue weighted by Crippen LogP contribution is 2.18. The molecule has 0 bridgehead atoms. The Morgan fingerprint density at radius 3 is 2.62 bits per heavy atom. The minimum absolute atomic E-state index is 0.333. The molecule has 0 unspecified atom stereocenters. The number of hydrogen-bond acceptors (Lipinski definition) is 5. The second-order valence-electron chi connectivity index (χ2n) is 5.44. The van der Waals surface area contributed by atoms with Gasteiger partial charge in [0.15, 0.2) is 5.11 Å². The molecular formula is C18H22N4O3S. The van der Waals surface area contributed by atoms with Gasteiger partial charge in [-0.15, -0.1) is 0 Å². The lowest BCUT2D eigenvalue weighted by molar-refractivity contribution is 0.0525. The Kier molecular flexibility index (Phi) is 6.74. The number of H-pyrrole nitrogens is 1. The van der Waals surface area contributed by atoms with Crippen LogP contribution >= 0.6 is 12.2 Å². The topological polar surface area (TPSA) is 87.7 Å². The highest BCUT2D eigenvalue weighted by atomic mass is 32.1. The van der Waals surface area contributed by atoms with Gasteiger partial charge in [0.05, 0.1) is 31.2 Å². The normalized spacial score (nSPS) is 10.6. The number of benzene rings is 1. The van der Waals surface area contributed by atoms with Gasteiger partial charge in [-0.2, -0.15) is 5.10 Å². The Morgan fingerprint density at radius 1 is 1.31 bits per heavy atom. The molecule has 0 radical (unpaired) electrons. The number of hydrazone groups is 1. The van der Waals surface area contributed by atoms with Crippen molar-refractivity contribution in [3.05, 3.63) is 46.8 Å². The summed E-state index contributed by atoms with van der Waals surface area (Å²) >= 11 is 5.20. The lowest BCUT2D eigenvalue weighted by Crippen LogP contribution is -2.23. The van der Waals surface area contributed by atoms with Crippen LogP contribution in [0.1, 0.15) is 34.2 Å². The fraction of sp³-hybridized carbons (Fsp3) is 0.278. The number of aromatic nitrogens is 1. The predicted octanol–water partition coefficient (Wildman–Crippen LogP) is 3.14. The number of carbonyl (C=O) groups is 1. The monoisotopic (exact) mass is 374 g/mol. The average Bonchev–Trinajstić information content (AvgIpc) is 2.89. The fourth-order valence-electron chi connectivity index (χ4n) is 2.40. The van der Waals surface area contributed by atoms with E-state index in [0.717, 1.165) is 22.7 Å². The standard InChI is InChI=1S/C18H22N4O3S/c1-5-25-17(23)16-11(2)15(20-12(16)3)10-19-22-18(26)21-13-6-8-14(24-4)9-7-13/h6-10,20H,5H2,1-4H3,(H2,21,22,26)/b19-10+. The van der Waals surface area contributed by atoms with Crippen molar-refractivity contribution in [2.45, 2.75) is 20.8 Å². The van der Waals surface area contributed by atoms with Crippen molar-refractivity contribution in [1.29, 1.82) is 0 Å². The number of nitrogens with one attached hydrogen (secondary N) is 3. The number of thiocarbonyl (C=S) groups is 1. The number of aromatic amines is 1. The fourth-order valence-corrected chi connectivity index (χ4v) is 2.57. The maximum absolute atomic E-state index is 12.0. The second-order valence-corrected chi connectivity index (χ2v) is 5.85. The van der Waals surface area contributed by atoms with E-state index in [1.54, 1.807) is 20.2 Å². The molecule has 3 N–H and O–H groups in total. The first-order valence-electron chi connectivity index (χ1n) is 8.06. The molecule has 0 amide bonds. The van der Waals surface area contributed by atoms with Crippen LogP contribution in [0.25, 0.3) is 0 Å². The predicted molar refractivity (Wildman–Crippen MR) is 106 cm³/mol. The van der Waals surface area contributed by atoms with Crippen molar-refractivity contribution in [2.75, 3.05) is 19.0 Å². The molecule has 8 heteroatoms. The highest BCUT2D eigenvalue weighted by molar-refractivity contribution is 7.80. The number of anilines is 1. The summed E-state index contributed by atoms with van der Waals surface area (Å²) in [6, 6.07) is 7.35. The molecule has 0 saturated carbocycles. The van der Waals surface area contributed by atoms with E-state index in [-0.39, 0.29) is 5.97 Å². The van der Waals surface area contributed by atoms with Gasteiger partial charge in [0.1, 0.15) is 5.75 Å². The van der Waals surface area contributed by atoms with Gasteiger partial charge in [0, 0.05) is 11.4 Å². The molecule has 0 saturated heterocycles. The van der Waals surface area contributed by atoms with Crippen LogP contribution in [0.3, 0.4) is 0 Å². The summed E-state index contributed by atoms with van der Waals surface area (Å²) < 4.78 is 10.2. The van der Waals surface area contributed by atoms with Crippen molar-refractivity contribution in [2.24, 2.45) is 5.10 Å². The van der Waals surface area contributed by atoms with E-state index in [2.05, 4.69) is 20.8 Å². The third kappa shape index (κ3) is 4.82. The average molecular weight is 374 g/mol. The molecule has 26 heavy (non-hydrogen) atoms. The van der Waals surface area contributed by atoms with Gasteiger partial charge in [0.25, 0.3) is 0 Å². The first-order chi connectivity index (χ1) is 12.5. The van der Waals surface area contributed by atoms with Crippen molar-refractivity contribution in [3.63, 3.8) is 0 Å². The molecule has 1 heterocycles. The van der Waals surface area contributed by atoms with Crippen LogP contribution in [0.5, 0.6) is 5.75 Å². The van der Waals surface area contributed by atoms with E-state index < -0.39 is 0 Å². The summed E-state index contributed by atoms with van der Waals surface area (Å²) in [4.78, 5) is 15.1. The summed E-state index contributed by atoms with van der Waals surface area (Å²) in [6.07, 6.45) is 1.58. The number of esters is 1. The number of nitrogens with zero attached hydrogens (tertiary/aromatic N) is 1. The number of rotatable bonds is 6. The Hall–Kier alpha value is -2.87. The van der Waals surface area contributed by atoms with Crippen molar-refractivity contribution in [1.82, 2.24) is 10.4 Å². The number of methoxy groups -OCH3 is 1. The van der Waals surface area contributed by atoms with Crippen LogP contribution in [-0.4, -0.2) is 36.0 Å². The van der Waals surface area contributed by atoms with Gasteiger partial charge in [0.2, 0.25) is 0 Å². The van der Waals surface area contributed by atoms with Gasteiger partial charge in [-0.1, -0.05) is 0 Å². The molecule has 0 atom stereocenters. The Morgan fingerprint density at radius 2 is 2.00 bits per heavy atom.